The Hall–Kier alpha value is -3.51. The van der Waals surface area contributed by atoms with Crippen LogP contribution in [0.15, 0.2) is 83.5 Å². The second kappa shape index (κ2) is 7.81. The zero-order valence-electron chi connectivity index (χ0n) is 18.7. The van der Waals surface area contributed by atoms with Crippen LogP contribution in [-0.2, 0) is 0 Å². The van der Waals surface area contributed by atoms with E-state index in [2.05, 4.69) is 79.8 Å². The van der Waals surface area contributed by atoms with Gasteiger partial charge in [0.2, 0.25) is 11.1 Å². The van der Waals surface area contributed by atoms with Gasteiger partial charge in [0, 0.05) is 11.1 Å². The van der Waals surface area contributed by atoms with Crippen molar-refractivity contribution in [1.29, 1.82) is 0 Å². The van der Waals surface area contributed by atoms with Gasteiger partial charge in [0.15, 0.2) is 0 Å². The maximum absolute atomic E-state index is 6.70. The van der Waals surface area contributed by atoms with Gasteiger partial charge in [-0.05, 0) is 43.4 Å². The van der Waals surface area contributed by atoms with Crippen molar-refractivity contribution >= 4 is 23.4 Å². The molecule has 2 aliphatic heterocycles. The van der Waals surface area contributed by atoms with Gasteiger partial charge >= 0.3 is 0 Å². The fourth-order valence-electron chi connectivity index (χ4n) is 4.72. The van der Waals surface area contributed by atoms with Crippen molar-refractivity contribution in [3.63, 3.8) is 0 Å². The molecule has 33 heavy (non-hydrogen) atoms. The van der Waals surface area contributed by atoms with Gasteiger partial charge in [-0.15, -0.1) is 5.10 Å². The molecule has 4 aromatic rings. The zero-order valence-corrected chi connectivity index (χ0v) is 19.6. The molecule has 2 atom stereocenters. The maximum Gasteiger partial charge on any atom is 0.227 e. The number of hydrogen-bond acceptors (Lipinski definition) is 5. The Morgan fingerprint density at radius 1 is 0.909 bits per heavy atom. The summed E-state index contributed by atoms with van der Waals surface area (Å²) in [5.41, 5.74) is 7.98. The molecule has 6 rings (SSSR count). The molecule has 3 aromatic carbocycles. The number of para-hydroxylation sites is 1. The van der Waals surface area contributed by atoms with Crippen LogP contribution in [0.5, 0.6) is 5.75 Å². The predicted octanol–water partition coefficient (Wildman–Crippen LogP) is 6.18. The average molecular weight is 453 g/mol. The molecular weight excluding hydrogens is 428 g/mol. The lowest BCUT2D eigenvalue weighted by atomic mass is 9.84. The number of aryl methyl sites for hydroxylation is 2. The third kappa shape index (κ3) is 3.33. The Balaban J connectivity index is 1.64. The molecule has 5 nitrogen and oxygen atoms in total. The van der Waals surface area contributed by atoms with E-state index in [4.69, 9.17) is 14.8 Å². The smallest absolute Gasteiger partial charge is 0.227 e. The summed E-state index contributed by atoms with van der Waals surface area (Å²) in [6.45, 7) is 4.23. The van der Waals surface area contributed by atoms with Crippen LogP contribution in [0.2, 0.25) is 0 Å². The Morgan fingerprint density at radius 3 is 2.52 bits per heavy atom. The van der Waals surface area contributed by atoms with Crippen LogP contribution in [0, 0.1) is 13.8 Å². The Kier molecular flexibility index (Phi) is 4.76. The number of anilines is 1. The third-order valence-electron chi connectivity index (χ3n) is 6.28. The number of thioether (sulfide) groups is 1. The standard InChI is InChI=1S/C27H24N4OS/c1-16-11-13-18(14-12-16)24-22-23(28-26-29-27(33-3)30-31(24)26)20-9-4-5-10-21(20)32-25(22)19-8-6-7-17(2)15-19/h4-15,24-25H,1-3H3,(H,28,29,30)/t24-,25-/m1/s1. The second-order valence-electron chi connectivity index (χ2n) is 8.54. The van der Waals surface area contributed by atoms with E-state index in [-0.39, 0.29) is 12.1 Å². The van der Waals surface area contributed by atoms with Gasteiger partial charge in [0.05, 0.1) is 5.70 Å². The van der Waals surface area contributed by atoms with Crippen LogP contribution in [0.4, 0.5) is 5.95 Å². The lowest BCUT2D eigenvalue weighted by Gasteiger charge is -2.39. The van der Waals surface area contributed by atoms with Gasteiger partial charge < -0.3 is 10.1 Å². The van der Waals surface area contributed by atoms with E-state index in [1.807, 2.05) is 23.1 Å². The molecule has 0 saturated heterocycles. The van der Waals surface area contributed by atoms with Gasteiger partial charge in [-0.3, -0.25) is 0 Å². The van der Waals surface area contributed by atoms with Crippen LogP contribution in [0.3, 0.4) is 0 Å². The van der Waals surface area contributed by atoms with Crippen molar-refractivity contribution < 1.29 is 4.74 Å². The summed E-state index contributed by atoms with van der Waals surface area (Å²) in [7, 11) is 0. The summed E-state index contributed by atoms with van der Waals surface area (Å²) in [6, 6.07) is 25.3. The van der Waals surface area contributed by atoms with Crippen molar-refractivity contribution in [2.75, 3.05) is 11.6 Å². The van der Waals surface area contributed by atoms with Crippen molar-refractivity contribution in [2.24, 2.45) is 0 Å². The lowest BCUT2D eigenvalue weighted by molar-refractivity contribution is 0.223. The Bertz CT molecular complexity index is 1390. The summed E-state index contributed by atoms with van der Waals surface area (Å²) in [5, 5.41) is 9.22. The minimum atomic E-state index is -0.247. The molecule has 1 N–H and O–H groups in total. The summed E-state index contributed by atoms with van der Waals surface area (Å²) >= 11 is 1.55. The zero-order chi connectivity index (χ0) is 22.5. The van der Waals surface area contributed by atoms with E-state index in [9.17, 15) is 0 Å². The SMILES string of the molecule is CSc1nc2n(n1)[C@H](c1ccc(C)cc1)C1=C(N2)c2ccccc2O[C@@H]1c1cccc(C)c1. The number of ether oxygens (including phenoxy) is 1. The highest BCUT2D eigenvalue weighted by atomic mass is 32.2. The molecule has 3 heterocycles. The molecule has 0 aliphatic carbocycles. The summed E-state index contributed by atoms with van der Waals surface area (Å²) in [4.78, 5) is 4.77. The minimum absolute atomic E-state index is 0.135. The number of fused-ring (bicyclic) bond motifs is 3. The van der Waals surface area contributed by atoms with Crippen LogP contribution >= 0.6 is 11.8 Å². The number of hydrogen-bond donors (Lipinski definition) is 1. The fraction of sp³-hybridized carbons (Fsp3) is 0.185. The quantitative estimate of drug-likeness (QED) is 0.376. The average Bonchev–Trinajstić information content (AvgIpc) is 3.26. The van der Waals surface area contributed by atoms with Crippen molar-refractivity contribution in [3.8, 4) is 5.75 Å². The first-order chi connectivity index (χ1) is 16.1. The van der Waals surface area contributed by atoms with Crippen LogP contribution < -0.4 is 10.1 Å². The third-order valence-corrected chi connectivity index (χ3v) is 6.82. The predicted molar refractivity (Wildman–Crippen MR) is 133 cm³/mol. The van der Waals surface area contributed by atoms with E-state index < -0.39 is 0 Å². The van der Waals surface area contributed by atoms with Crippen LogP contribution in [0.25, 0.3) is 5.70 Å². The van der Waals surface area contributed by atoms with E-state index in [1.165, 1.54) is 11.1 Å². The molecule has 0 bridgehead atoms. The fourth-order valence-corrected chi connectivity index (χ4v) is 5.07. The van der Waals surface area contributed by atoms with Crippen molar-refractivity contribution in [1.82, 2.24) is 14.8 Å². The van der Waals surface area contributed by atoms with Crippen LogP contribution in [0.1, 0.15) is 40.0 Å². The van der Waals surface area contributed by atoms with E-state index in [1.54, 1.807) is 11.8 Å². The molecule has 0 spiro atoms. The van der Waals surface area contributed by atoms with E-state index in [0.29, 0.717) is 0 Å². The molecule has 0 unspecified atom stereocenters. The van der Waals surface area contributed by atoms with Gasteiger partial charge in [-0.25, -0.2) is 4.68 Å². The second-order valence-corrected chi connectivity index (χ2v) is 9.32. The number of nitrogens with one attached hydrogen (secondary N) is 1. The molecule has 0 radical (unpaired) electrons. The highest BCUT2D eigenvalue weighted by molar-refractivity contribution is 7.98. The molecule has 0 amide bonds. The molecule has 2 aliphatic rings. The van der Waals surface area contributed by atoms with E-state index in [0.717, 1.165) is 44.8 Å². The van der Waals surface area contributed by atoms with Gasteiger partial charge in [0.1, 0.15) is 17.9 Å². The molecule has 6 heteroatoms. The van der Waals surface area contributed by atoms with Crippen LogP contribution in [-0.4, -0.2) is 21.0 Å². The highest BCUT2D eigenvalue weighted by Crippen LogP contribution is 2.50. The van der Waals surface area contributed by atoms with E-state index >= 15 is 0 Å². The topological polar surface area (TPSA) is 52.0 Å². The number of rotatable bonds is 3. The minimum Gasteiger partial charge on any atom is -0.480 e. The normalized spacial score (nSPS) is 18.6. The number of aromatic nitrogens is 3. The highest BCUT2D eigenvalue weighted by Gasteiger charge is 2.41. The Labute approximate surface area is 197 Å². The summed E-state index contributed by atoms with van der Waals surface area (Å²) in [5.74, 6) is 1.62. The summed E-state index contributed by atoms with van der Waals surface area (Å²) < 4.78 is 8.71. The molecule has 1 aromatic heterocycles. The molecule has 0 saturated carbocycles. The van der Waals surface area contributed by atoms with Crippen molar-refractivity contribution in [3.05, 3.63) is 106 Å². The monoisotopic (exact) mass is 452 g/mol. The molecule has 0 fully saturated rings. The first-order valence-corrected chi connectivity index (χ1v) is 12.3. The molecule has 164 valence electrons. The van der Waals surface area contributed by atoms with Gasteiger partial charge in [-0.2, -0.15) is 4.98 Å². The largest absolute Gasteiger partial charge is 0.480 e. The number of nitrogens with zero attached hydrogens (tertiary/aromatic N) is 3. The lowest BCUT2D eigenvalue weighted by Crippen LogP contribution is -2.32. The first kappa shape index (κ1) is 20.1. The Morgan fingerprint density at radius 2 is 1.73 bits per heavy atom. The van der Waals surface area contributed by atoms with Gasteiger partial charge in [-0.1, -0.05) is 83.6 Å². The molecular formula is C27H24N4OS. The van der Waals surface area contributed by atoms with Crippen molar-refractivity contribution in [2.45, 2.75) is 31.1 Å². The maximum atomic E-state index is 6.70. The first-order valence-electron chi connectivity index (χ1n) is 11.0. The van der Waals surface area contributed by atoms with Gasteiger partial charge in [0.25, 0.3) is 0 Å². The number of benzene rings is 3. The summed E-state index contributed by atoms with van der Waals surface area (Å²) in [6.07, 6.45) is 1.76.